The number of hydrogen-bond donors (Lipinski definition) is 3. The van der Waals surface area contributed by atoms with Gasteiger partial charge in [-0.15, -0.1) is 0 Å². The monoisotopic (exact) mass is 323 g/mol. The molecular formula is C16H23F2N5. The molecule has 0 amide bonds. The molecule has 1 aromatic rings. The SMILES string of the molecule is CC(CCC1(N)C=CNC(Nc2cc(F)ccc2F)=N1)N(C)C. The molecule has 0 fully saturated rings. The molecule has 0 aliphatic carbocycles. The average Bonchev–Trinajstić information content (AvgIpc) is 2.48. The van der Waals surface area contributed by atoms with E-state index in [9.17, 15) is 8.78 Å². The molecule has 1 aromatic carbocycles. The second kappa shape index (κ2) is 7.06. The van der Waals surface area contributed by atoms with Crippen LogP contribution >= 0.6 is 0 Å². The van der Waals surface area contributed by atoms with Crippen LogP contribution in [0.1, 0.15) is 19.8 Å². The third-order valence-electron chi connectivity index (χ3n) is 3.94. The van der Waals surface area contributed by atoms with Gasteiger partial charge in [-0.3, -0.25) is 0 Å². The van der Waals surface area contributed by atoms with Crippen molar-refractivity contribution in [2.75, 3.05) is 19.4 Å². The fraction of sp³-hybridized carbons (Fsp3) is 0.438. The Morgan fingerprint density at radius 2 is 2.13 bits per heavy atom. The van der Waals surface area contributed by atoms with Gasteiger partial charge in [0.15, 0.2) is 0 Å². The van der Waals surface area contributed by atoms with Crippen LogP contribution in [0.4, 0.5) is 14.5 Å². The van der Waals surface area contributed by atoms with E-state index in [-0.39, 0.29) is 11.6 Å². The lowest BCUT2D eigenvalue weighted by Gasteiger charge is -2.29. The van der Waals surface area contributed by atoms with Gasteiger partial charge in [0.2, 0.25) is 5.96 Å². The highest BCUT2D eigenvalue weighted by atomic mass is 19.1. The maximum Gasteiger partial charge on any atom is 0.202 e. The minimum Gasteiger partial charge on any atom is -0.333 e. The molecule has 5 nitrogen and oxygen atoms in total. The minimum atomic E-state index is -0.873. The van der Waals surface area contributed by atoms with E-state index >= 15 is 0 Å². The molecule has 7 heteroatoms. The van der Waals surface area contributed by atoms with Gasteiger partial charge in [0, 0.05) is 18.3 Å². The van der Waals surface area contributed by atoms with Crippen molar-refractivity contribution in [2.45, 2.75) is 31.5 Å². The van der Waals surface area contributed by atoms with E-state index in [0.717, 1.165) is 24.6 Å². The Kier molecular flexibility index (Phi) is 5.33. The van der Waals surface area contributed by atoms with E-state index in [1.54, 1.807) is 12.3 Å². The van der Waals surface area contributed by atoms with Gasteiger partial charge in [-0.2, -0.15) is 0 Å². The number of nitrogens with zero attached hydrogens (tertiary/aromatic N) is 2. The first-order valence-electron chi connectivity index (χ1n) is 7.50. The second-order valence-electron chi connectivity index (χ2n) is 6.03. The number of guanidine groups is 1. The lowest BCUT2D eigenvalue weighted by molar-refractivity contribution is 0.278. The van der Waals surface area contributed by atoms with Crippen LogP contribution in [-0.4, -0.2) is 36.7 Å². The van der Waals surface area contributed by atoms with Crippen molar-refractivity contribution in [1.29, 1.82) is 0 Å². The topological polar surface area (TPSA) is 65.7 Å². The van der Waals surface area contributed by atoms with Crippen molar-refractivity contribution in [3.63, 3.8) is 0 Å². The van der Waals surface area contributed by atoms with Crippen LogP contribution in [0, 0.1) is 11.6 Å². The third-order valence-corrected chi connectivity index (χ3v) is 3.94. The highest BCUT2D eigenvalue weighted by molar-refractivity contribution is 5.95. The Morgan fingerprint density at radius 3 is 2.83 bits per heavy atom. The smallest absolute Gasteiger partial charge is 0.202 e. The summed E-state index contributed by atoms with van der Waals surface area (Å²) in [5.41, 5.74) is 5.42. The lowest BCUT2D eigenvalue weighted by Crippen LogP contribution is -2.44. The van der Waals surface area contributed by atoms with Crippen LogP contribution in [-0.2, 0) is 0 Å². The van der Waals surface area contributed by atoms with Crippen LogP contribution in [0.2, 0.25) is 0 Å². The van der Waals surface area contributed by atoms with Gasteiger partial charge < -0.3 is 21.3 Å². The van der Waals surface area contributed by atoms with Crippen molar-refractivity contribution in [2.24, 2.45) is 10.7 Å². The summed E-state index contributed by atoms with van der Waals surface area (Å²) in [6.07, 6.45) is 4.93. The van der Waals surface area contributed by atoms with E-state index < -0.39 is 17.3 Å². The van der Waals surface area contributed by atoms with Crippen LogP contribution in [0.3, 0.4) is 0 Å². The maximum atomic E-state index is 13.7. The molecule has 1 heterocycles. The molecule has 0 spiro atoms. The molecule has 4 N–H and O–H groups in total. The zero-order valence-corrected chi connectivity index (χ0v) is 13.6. The third kappa shape index (κ3) is 4.74. The van der Waals surface area contributed by atoms with Gasteiger partial charge in [-0.1, -0.05) is 0 Å². The van der Waals surface area contributed by atoms with Gasteiger partial charge in [-0.25, -0.2) is 13.8 Å². The van der Waals surface area contributed by atoms with Crippen molar-refractivity contribution < 1.29 is 8.78 Å². The van der Waals surface area contributed by atoms with E-state index in [1.807, 2.05) is 14.1 Å². The first-order valence-corrected chi connectivity index (χ1v) is 7.50. The average molecular weight is 323 g/mol. The fourth-order valence-electron chi connectivity index (χ4n) is 2.17. The lowest BCUT2D eigenvalue weighted by atomic mass is 10.0. The van der Waals surface area contributed by atoms with E-state index in [0.29, 0.717) is 12.5 Å². The van der Waals surface area contributed by atoms with Gasteiger partial charge in [0.05, 0.1) is 5.69 Å². The largest absolute Gasteiger partial charge is 0.333 e. The summed E-state index contributed by atoms with van der Waals surface area (Å²) in [4.78, 5) is 6.50. The van der Waals surface area contributed by atoms with E-state index in [1.165, 1.54) is 0 Å². The predicted molar refractivity (Wildman–Crippen MR) is 89.0 cm³/mol. The molecule has 0 aromatic heterocycles. The van der Waals surface area contributed by atoms with Crippen LogP contribution in [0.5, 0.6) is 0 Å². The number of nitrogens with two attached hydrogens (primary N) is 1. The molecule has 1 aliphatic rings. The normalized spacial score (nSPS) is 21.8. The van der Waals surface area contributed by atoms with Crippen molar-refractivity contribution >= 4 is 11.6 Å². The summed E-state index contributed by atoms with van der Waals surface area (Å²) >= 11 is 0. The number of nitrogens with one attached hydrogen (secondary N) is 2. The van der Waals surface area contributed by atoms with Gasteiger partial charge in [-0.05, 0) is 52.1 Å². The summed E-state index contributed by atoms with van der Waals surface area (Å²) in [5, 5.41) is 5.60. The minimum absolute atomic E-state index is 0.00978. The van der Waals surface area contributed by atoms with Crippen LogP contribution < -0.4 is 16.4 Å². The molecule has 126 valence electrons. The Morgan fingerprint density at radius 1 is 1.39 bits per heavy atom. The Labute approximate surface area is 135 Å². The number of hydrogen-bond acceptors (Lipinski definition) is 5. The maximum absolute atomic E-state index is 13.7. The van der Waals surface area contributed by atoms with Gasteiger partial charge in [0.1, 0.15) is 17.3 Å². The fourth-order valence-corrected chi connectivity index (χ4v) is 2.17. The standard InChI is InChI=1S/C16H23F2N5/c1-11(23(2)3)6-7-16(19)8-9-20-15(22-16)21-14-10-12(17)4-5-13(14)18/h4-5,8-11H,6-7,19H2,1-3H3,(H2,20,21,22). The number of halogens is 2. The Hall–Kier alpha value is -1.99. The molecule has 0 radical (unpaired) electrons. The first-order chi connectivity index (χ1) is 10.8. The van der Waals surface area contributed by atoms with Gasteiger partial charge in [0.25, 0.3) is 0 Å². The highest BCUT2D eigenvalue weighted by Crippen LogP contribution is 2.20. The van der Waals surface area contributed by atoms with Crippen molar-refractivity contribution in [3.8, 4) is 0 Å². The summed E-state index contributed by atoms with van der Waals surface area (Å²) < 4.78 is 26.9. The van der Waals surface area contributed by atoms with Crippen molar-refractivity contribution in [1.82, 2.24) is 10.2 Å². The van der Waals surface area contributed by atoms with Crippen LogP contribution in [0.25, 0.3) is 0 Å². The quantitative estimate of drug-likeness (QED) is 0.777. The van der Waals surface area contributed by atoms with Crippen LogP contribution in [0.15, 0.2) is 35.5 Å². The van der Waals surface area contributed by atoms with Crippen molar-refractivity contribution in [3.05, 3.63) is 42.1 Å². The summed E-state index contributed by atoms with van der Waals surface area (Å²) in [5.74, 6) is -0.800. The molecule has 0 saturated heterocycles. The van der Waals surface area contributed by atoms with E-state index in [2.05, 4.69) is 27.4 Å². The Bertz CT molecular complexity index is 614. The zero-order valence-electron chi connectivity index (χ0n) is 13.6. The number of rotatable bonds is 5. The molecule has 0 bridgehead atoms. The molecule has 0 saturated carbocycles. The molecular weight excluding hydrogens is 300 g/mol. The molecule has 2 unspecified atom stereocenters. The summed E-state index contributed by atoms with van der Waals surface area (Å²) in [7, 11) is 4.02. The molecule has 2 rings (SSSR count). The highest BCUT2D eigenvalue weighted by Gasteiger charge is 2.25. The summed E-state index contributed by atoms with van der Waals surface area (Å²) in [6.45, 7) is 2.11. The van der Waals surface area contributed by atoms with E-state index in [4.69, 9.17) is 5.73 Å². The molecule has 2 atom stereocenters. The number of benzene rings is 1. The molecule has 23 heavy (non-hydrogen) atoms. The number of aliphatic imine (C=N–C) groups is 1. The zero-order chi connectivity index (χ0) is 17.0. The number of anilines is 1. The second-order valence-corrected chi connectivity index (χ2v) is 6.03. The molecule has 1 aliphatic heterocycles. The Balaban J connectivity index is 2.08. The van der Waals surface area contributed by atoms with Gasteiger partial charge >= 0.3 is 0 Å². The predicted octanol–water partition coefficient (Wildman–Crippen LogP) is 2.23. The first kappa shape index (κ1) is 17.4. The summed E-state index contributed by atoms with van der Waals surface area (Å²) in [6, 6.07) is 3.56.